The van der Waals surface area contributed by atoms with E-state index in [0.717, 1.165) is 12.0 Å². The summed E-state index contributed by atoms with van der Waals surface area (Å²) < 4.78 is 0. The molecule has 2 saturated carbocycles. The summed E-state index contributed by atoms with van der Waals surface area (Å²) in [4.78, 5) is 4.43. The van der Waals surface area contributed by atoms with Gasteiger partial charge < -0.3 is 5.32 Å². The maximum Gasteiger partial charge on any atom is 0.0987 e. The second kappa shape index (κ2) is 3.04. The Morgan fingerprint density at radius 1 is 1.64 bits per heavy atom. The molecule has 2 aliphatic rings. The van der Waals surface area contributed by atoms with E-state index in [0.29, 0.717) is 5.41 Å². The van der Waals surface area contributed by atoms with Crippen LogP contribution in [0, 0.1) is 5.92 Å². The fourth-order valence-electron chi connectivity index (χ4n) is 2.11. The fraction of sp³-hybridized carbons (Fsp3) is 0.727. The van der Waals surface area contributed by atoms with Gasteiger partial charge in [-0.15, -0.1) is 11.3 Å². The van der Waals surface area contributed by atoms with E-state index in [2.05, 4.69) is 22.6 Å². The molecule has 3 rings (SSSR count). The summed E-state index contributed by atoms with van der Waals surface area (Å²) in [6.07, 6.45) is 6.02. The standard InChI is InChI=1S/C11H16N2S/c1-11(10-12-4-5-14-10)6-8(11)7-13-9-2-3-9/h4-5,8-9,13H,2-3,6-7H2,1H3. The van der Waals surface area contributed by atoms with Crippen LogP contribution in [0.4, 0.5) is 0 Å². The van der Waals surface area contributed by atoms with Gasteiger partial charge in [-0.2, -0.15) is 0 Å². The molecule has 2 unspecified atom stereocenters. The molecule has 2 nitrogen and oxygen atoms in total. The second-order valence-electron chi connectivity index (χ2n) is 4.84. The third kappa shape index (κ3) is 1.48. The van der Waals surface area contributed by atoms with E-state index in [4.69, 9.17) is 0 Å². The molecule has 2 aliphatic carbocycles. The first-order chi connectivity index (χ1) is 6.79. The highest BCUT2D eigenvalue weighted by molar-refractivity contribution is 7.09. The van der Waals surface area contributed by atoms with Crippen LogP contribution in [0.15, 0.2) is 11.6 Å². The largest absolute Gasteiger partial charge is 0.314 e. The van der Waals surface area contributed by atoms with Crippen LogP contribution in [0.3, 0.4) is 0 Å². The SMILES string of the molecule is CC1(c2nccs2)CC1CNC1CC1. The first-order valence-electron chi connectivity index (χ1n) is 5.42. The Labute approximate surface area is 88.7 Å². The summed E-state index contributed by atoms with van der Waals surface area (Å²) in [5, 5.41) is 7.03. The van der Waals surface area contributed by atoms with Crippen molar-refractivity contribution in [1.82, 2.24) is 10.3 Å². The molecule has 1 aromatic rings. The van der Waals surface area contributed by atoms with Gasteiger partial charge in [0.2, 0.25) is 0 Å². The summed E-state index contributed by atoms with van der Waals surface area (Å²) in [5.41, 5.74) is 0.399. The molecule has 1 heterocycles. The van der Waals surface area contributed by atoms with Gasteiger partial charge in [0.05, 0.1) is 5.01 Å². The third-order valence-corrected chi connectivity index (χ3v) is 4.62. The molecule has 1 aromatic heterocycles. The average molecular weight is 208 g/mol. The number of nitrogens with zero attached hydrogens (tertiary/aromatic N) is 1. The van der Waals surface area contributed by atoms with E-state index in [-0.39, 0.29) is 0 Å². The zero-order valence-electron chi connectivity index (χ0n) is 8.49. The van der Waals surface area contributed by atoms with Crippen LogP contribution in [-0.2, 0) is 5.41 Å². The van der Waals surface area contributed by atoms with Gasteiger partial charge in [0, 0.05) is 23.0 Å². The minimum atomic E-state index is 0.399. The molecule has 0 bridgehead atoms. The lowest BCUT2D eigenvalue weighted by molar-refractivity contribution is 0.574. The summed E-state index contributed by atoms with van der Waals surface area (Å²) >= 11 is 1.81. The minimum absolute atomic E-state index is 0.399. The van der Waals surface area contributed by atoms with Crippen molar-refractivity contribution in [1.29, 1.82) is 0 Å². The van der Waals surface area contributed by atoms with Gasteiger partial charge in [0.15, 0.2) is 0 Å². The molecule has 0 aromatic carbocycles. The van der Waals surface area contributed by atoms with Crippen molar-refractivity contribution in [2.45, 2.75) is 37.6 Å². The molecule has 0 radical (unpaired) electrons. The van der Waals surface area contributed by atoms with Crippen LogP contribution in [0.2, 0.25) is 0 Å². The van der Waals surface area contributed by atoms with Crippen molar-refractivity contribution < 1.29 is 0 Å². The van der Waals surface area contributed by atoms with Crippen LogP contribution < -0.4 is 5.32 Å². The molecule has 76 valence electrons. The Kier molecular flexibility index (Phi) is 1.92. The maximum absolute atomic E-state index is 4.43. The maximum atomic E-state index is 4.43. The molecular weight excluding hydrogens is 192 g/mol. The van der Waals surface area contributed by atoms with Crippen molar-refractivity contribution in [2.24, 2.45) is 5.92 Å². The Bertz CT molecular complexity index is 318. The number of rotatable bonds is 4. The fourth-order valence-corrected chi connectivity index (χ4v) is 3.01. The number of aromatic nitrogens is 1. The lowest BCUT2D eigenvalue weighted by Crippen LogP contribution is -2.22. The molecule has 1 N–H and O–H groups in total. The molecule has 2 atom stereocenters. The van der Waals surface area contributed by atoms with Gasteiger partial charge in [-0.3, -0.25) is 0 Å². The second-order valence-corrected chi connectivity index (χ2v) is 5.73. The van der Waals surface area contributed by atoms with Gasteiger partial charge in [0.1, 0.15) is 0 Å². The van der Waals surface area contributed by atoms with E-state index in [9.17, 15) is 0 Å². The zero-order valence-corrected chi connectivity index (χ0v) is 9.31. The van der Waals surface area contributed by atoms with Crippen molar-refractivity contribution in [2.75, 3.05) is 6.54 Å². The van der Waals surface area contributed by atoms with Crippen molar-refractivity contribution in [3.63, 3.8) is 0 Å². The van der Waals surface area contributed by atoms with Crippen molar-refractivity contribution in [3.05, 3.63) is 16.6 Å². The summed E-state index contributed by atoms with van der Waals surface area (Å²) in [6.45, 7) is 3.55. The smallest absolute Gasteiger partial charge is 0.0987 e. The highest BCUT2D eigenvalue weighted by atomic mass is 32.1. The Morgan fingerprint density at radius 3 is 3.14 bits per heavy atom. The lowest BCUT2D eigenvalue weighted by atomic mass is 10.1. The van der Waals surface area contributed by atoms with Gasteiger partial charge in [0.25, 0.3) is 0 Å². The Hall–Kier alpha value is -0.410. The van der Waals surface area contributed by atoms with E-state index >= 15 is 0 Å². The summed E-state index contributed by atoms with van der Waals surface area (Å²) in [6, 6.07) is 0.844. The van der Waals surface area contributed by atoms with Gasteiger partial charge >= 0.3 is 0 Å². The normalized spacial score (nSPS) is 35.9. The van der Waals surface area contributed by atoms with E-state index in [1.54, 1.807) is 0 Å². The van der Waals surface area contributed by atoms with Crippen LogP contribution >= 0.6 is 11.3 Å². The molecular formula is C11H16N2S. The van der Waals surface area contributed by atoms with E-state index in [1.165, 1.54) is 30.8 Å². The Balaban J connectivity index is 1.59. The zero-order chi connectivity index (χ0) is 9.60. The predicted octanol–water partition coefficient (Wildman–Crippen LogP) is 2.17. The summed E-state index contributed by atoms with van der Waals surface area (Å²) in [5.74, 6) is 0.828. The van der Waals surface area contributed by atoms with Crippen LogP contribution in [0.25, 0.3) is 0 Å². The first kappa shape index (κ1) is 8.86. The van der Waals surface area contributed by atoms with Crippen LogP contribution in [0.5, 0.6) is 0 Å². The molecule has 0 saturated heterocycles. The minimum Gasteiger partial charge on any atom is -0.314 e. The van der Waals surface area contributed by atoms with Gasteiger partial charge in [-0.05, 0) is 31.7 Å². The molecule has 2 fully saturated rings. The number of hydrogen-bond acceptors (Lipinski definition) is 3. The monoisotopic (exact) mass is 208 g/mol. The first-order valence-corrected chi connectivity index (χ1v) is 6.30. The lowest BCUT2D eigenvalue weighted by Gasteiger charge is -2.07. The van der Waals surface area contributed by atoms with Gasteiger partial charge in [-0.25, -0.2) is 4.98 Å². The van der Waals surface area contributed by atoms with E-state index < -0.39 is 0 Å². The molecule has 14 heavy (non-hydrogen) atoms. The number of nitrogens with one attached hydrogen (secondary N) is 1. The number of hydrogen-bond donors (Lipinski definition) is 1. The third-order valence-electron chi connectivity index (χ3n) is 3.56. The topological polar surface area (TPSA) is 24.9 Å². The highest BCUT2D eigenvalue weighted by Gasteiger charge is 2.52. The average Bonchev–Trinajstić information content (AvgIpc) is 3.04. The number of thiazole rings is 1. The van der Waals surface area contributed by atoms with Crippen LogP contribution in [0.1, 0.15) is 31.2 Å². The highest BCUT2D eigenvalue weighted by Crippen LogP contribution is 2.54. The van der Waals surface area contributed by atoms with Crippen LogP contribution in [-0.4, -0.2) is 17.6 Å². The predicted molar refractivity (Wildman–Crippen MR) is 58.6 cm³/mol. The van der Waals surface area contributed by atoms with Crippen molar-refractivity contribution in [3.8, 4) is 0 Å². The molecule has 3 heteroatoms. The van der Waals surface area contributed by atoms with Crippen molar-refractivity contribution >= 4 is 11.3 Å². The molecule has 0 spiro atoms. The Morgan fingerprint density at radius 2 is 2.50 bits per heavy atom. The van der Waals surface area contributed by atoms with Gasteiger partial charge in [-0.1, -0.05) is 6.92 Å². The van der Waals surface area contributed by atoms with E-state index in [1.807, 2.05) is 17.5 Å². The molecule has 0 amide bonds. The molecule has 0 aliphatic heterocycles. The summed E-state index contributed by atoms with van der Waals surface area (Å²) in [7, 11) is 0. The quantitative estimate of drug-likeness (QED) is 0.820.